The van der Waals surface area contributed by atoms with Crippen LogP contribution in [0.3, 0.4) is 0 Å². The molecule has 0 bridgehead atoms. The Labute approximate surface area is 110 Å². The standard InChI is InChI=1S/C15H24N2O/c1-3-13-11-14(17(4-2)16-13)15(18)12-9-7-5-6-8-10-12/h9,11,15,18H,3-8,10H2,1-2H3. The summed E-state index contributed by atoms with van der Waals surface area (Å²) in [6, 6.07) is 2.06. The fraction of sp³-hybridized carbons (Fsp3) is 0.667. The van der Waals surface area contributed by atoms with Gasteiger partial charge in [0.05, 0.1) is 11.4 Å². The normalized spacial score (nSPS) is 18.3. The lowest BCUT2D eigenvalue weighted by molar-refractivity contribution is 0.198. The minimum absolute atomic E-state index is 0.462. The van der Waals surface area contributed by atoms with Gasteiger partial charge < -0.3 is 5.11 Å². The van der Waals surface area contributed by atoms with Crippen LogP contribution in [0.25, 0.3) is 0 Å². The molecule has 1 unspecified atom stereocenters. The van der Waals surface area contributed by atoms with Crippen molar-refractivity contribution in [1.29, 1.82) is 0 Å². The van der Waals surface area contributed by atoms with Crippen molar-refractivity contribution >= 4 is 0 Å². The number of aliphatic hydroxyl groups is 1. The van der Waals surface area contributed by atoms with Crippen LogP contribution < -0.4 is 0 Å². The van der Waals surface area contributed by atoms with E-state index in [1.54, 1.807) is 0 Å². The first-order valence-electron chi connectivity index (χ1n) is 7.19. The van der Waals surface area contributed by atoms with Gasteiger partial charge in [0, 0.05) is 6.54 Å². The molecular weight excluding hydrogens is 224 g/mol. The lowest BCUT2D eigenvalue weighted by Gasteiger charge is -2.15. The number of nitrogens with zero attached hydrogens (tertiary/aromatic N) is 2. The molecule has 1 aromatic heterocycles. The maximum atomic E-state index is 10.6. The van der Waals surface area contributed by atoms with Crippen molar-refractivity contribution < 1.29 is 5.11 Å². The van der Waals surface area contributed by atoms with Crippen LogP contribution in [0, 0.1) is 0 Å². The zero-order valence-corrected chi connectivity index (χ0v) is 11.5. The number of allylic oxidation sites excluding steroid dienone is 1. The van der Waals surface area contributed by atoms with Gasteiger partial charge in [-0.3, -0.25) is 4.68 Å². The molecule has 0 saturated heterocycles. The highest BCUT2D eigenvalue weighted by Gasteiger charge is 2.19. The van der Waals surface area contributed by atoms with Crippen LogP contribution in [0.5, 0.6) is 0 Å². The summed E-state index contributed by atoms with van der Waals surface area (Å²) in [4.78, 5) is 0. The van der Waals surface area contributed by atoms with Gasteiger partial charge in [0.2, 0.25) is 0 Å². The van der Waals surface area contributed by atoms with Gasteiger partial charge in [0.1, 0.15) is 6.10 Å². The molecule has 0 radical (unpaired) electrons. The van der Waals surface area contributed by atoms with Crippen molar-refractivity contribution in [1.82, 2.24) is 9.78 Å². The van der Waals surface area contributed by atoms with Crippen molar-refractivity contribution in [2.75, 3.05) is 0 Å². The van der Waals surface area contributed by atoms with E-state index in [1.807, 2.05) is 4.68 Å². The number of hydrogen-bond donors (Lipinski definition) is 1. The highest BCUT2D eigenvalue weighted by Crippen LogP contribution is 2.29. The Morgan fingerprint density at radius 3 is 2.89 bits per heavy atom. The topological polar surface area (TPSA) is 38.0 Å². The average molecular weight is 248 g/mol. The number of rotatable bonds is 4. The van der Waals surface area contributed by atoms with E-state index in [1.165, 1.54) is 24.8 Å². The van der Waals surface area contributed by atoms with E-state index in [0.29, 0.717) is 0 Å². The zero-order valence-electron chi connectivity index (χ0n) is 11.5. The van der Waals surface area contributed by atoms with Crippen LogP contribution in [-0.2, 0) is 13.0 Å². The molecule has 3 heteroatoms. The van der Waals surface area contributed by atoms with Crippen LogP contribution in [0.4, 0.5) is 0 Å². The Bertz CT molecular complexity index is 420. The molecule has 18 heavy (non-hydrogen) atoms. The highest BCUT2D eigenvalue weighted by atomic mass is 16.3. The Hall–Kier alpha value is -1.09. The summed E-state index contributed by atoms with van der Waals surface area (Å²) in [5.74, 6) is 0. The molecule has 1 aliphatic rings. The fourth-order valence-corrected chi connectivity index (χ4v) is 2.61. The van der Waals surface area contributed by atoms with Crippen molar-refractivity contribution in [2.24, 2.45) is 0 Å². The molecule has 0 aromatic carbocycles. The zero-order chi connectivity index (χ0) is 13.0. The molecule has 0 amide bonds. The van der Waals surface area contributed by atoms with Gasteiger partial charge in [-0.2, -0.15) is 5.10 Å². The van der Waals surface area contributed by atoms with Gasteiger partial charge in [0.15, 0.2) is 0 Å². The van der Waals surface area contributed by atoms with Crippen LogP contribution in [-0.4, -0.2) is 14.9 Å². The van der Waals surface area contributed by atoms with Crippen molar-refractivity contribution in [2.45, 2.75) is 65.0 Å². The summed E-state index contributed by atoms with van der Waals surface area (Å²) in [7, 11) is 0. The van der Waals surface area contributed by atoms with Crippen LogP contribution in [0.1, 0.15) is 63.4 Å². The summed E-state index contributed by atoms with van der Waals surface area (Å²) in [5.41, 5.74) is 3.22. The maximum Gasteiger partial charge on any atom is 0.117 e. The van der Waals surface area contributed by atoms with Crippen LogP contribution in [0.2, 0.25) is 0 Å². The van der Waals surface area contributed by atoms with Gasteiger partial charge in [-0.1, -0.05) is 19.4 Å². The average Bonchev–Trinajstić information content (AvgIpc) is 2.63. The summed E-state index contributed by atoms with van der Waals surface area (Å²) >= 11 is 0. The third kappa shape index (κ3) is 2.83. The summed E-state index contributed by atoms with van der Waals surface area (Å²) in [6.07, 6.45) is 8.55. The maximum absolute atomic E-state index is 10.6. The lowest BCUT2D eigenvalue weighted by Crippen LogP contribution is -2.10. The SMILES string of the molecule is CCc1cc(C(O)C2=CCCCCC2)n(CC)n1. The Kier molecular flexibility index (Phi) is 4.59. The van der Waals surface area contributed by atoms with Gasteiger partial charge in [-0.25, -0.2) is 0 Å². The second-order valence-electron chi connectivity index (χ2n) is 5.01. The molecule has 0 saturated carbocycles. The number of hydrogen-bond acceptors (Lipinski definition) is 2. The summed E-state index contributed by atoms with van der Waals surface area (Å²) < 4.78 is 1.94. The first-order chi connectivity index (χ1) is 8.76. The van der Waals surface area contributed by atoms with Crippen LogP contribution >= 0.6 is 0 Å². The van der Waals surface area contributed by atoms with Crippen molar-refractivity contribution in [3.63, 3.8) is 0 Å². The molecule has 100 valence electrons. The fourth-order valence-electron chi connectivity index (χ4n) is 2.61. The first-order valence-corrected chi connectivity index (χ1v) is 7.19. The molecule has 1 aliphatic carbocycles. The van der Waals surface area contributed by atoms with Crippen molar-refractivity contribution in [3.05, 3.63) is 29.1 Å². The van der Waals surface area contributed by atoms with E-state index < -0.39 is 6.10 Å². The number of aromatic nitrogens is 2. The second kappa shape index (κ2) is 6.19. The largest absolute Gasteiger partial charge is 0.382 e. The first kappa shape index (κ1) is 13.3. The van der Waals surface area contributed by atoms with Crippen molar-refractivity contribution in [3.8, 4) is 0 Å². The van der Waals surface area contributed by atoms with Gasteiger partial charge >= 0.3 is 0 Å². The quantitative estimate of drug-likeness (QED) is 0.829. The Morgan fingerprint density at radius 1 is 1.33 bits per heavy atom. The molecule has 0 aliphatic heterocycles. The Balaban J connectivity index is 2.23. The second-order valence-corrected chi connectivity index (χ2v) is 5.01. The molecule has 0 fully saturated rings. The van der Waals surface area contributed by atoms with E-state index in [4.69, 9.17) is 0 Å². The predicted octanol–water partition coefficient (Wildman–Crippen LogP) is 3.39. The van der Waals surface area contributed by atoms with E-state index in [-0.39, 0.29) is 0 Å². The minimum atomic E-state index is -0.462. The molecule has 0 spiro atoms. The summed E-state index contributed by atoms with van der Waals surface area (Å²) in [5, 5.41) is 15.1. The summed E-state index contributed by atoms with van der Waals surface area (Å²) in [6.45, 7) is 4.99. The third-order valence-corrected chi connectivity index (χ3v) is 3.73. The van der Waals surface area contributed by atoms with E-state index in [2.05, 4.69) is 31.1 Å². The van der Waals surface area contributed by atoms with Gasteiger partial charge in [0.25, 0.3) is 0 Å². The van der Waals surface area contributed by atoms with E-state index >= 15 is 0 Å². The highest BCUT2D eigenvalue weighted by molar-refractivity contribution is 5.23. The molecular formula is C15H24N2O. The number of aryl methyl sites for hydroxylation is 2. The molecule has 1 heterocycles. The molecule has 3 nitrogen and oxygen atoms in total. The van der Waals surface area contributed by atoms with Gasteiger partial charge in [-0.15, -0.1) is 0 Å². The monoisotopic (exact) mass is 248 g/mol. The number of aliphatic hydroxyl groups excluding tert-OH is 1. The molecule has 1 aromatic rings. The molecule has 1 atom stereocenters. The van der Waals surface area contributed by atoms with Crippen LogP contribution in [0.15, 0.2) is 17.7 Å². The Morgan fingerprint density at radius 2 is 2.17 bits per heavy atom. The van der Waals surface area contributed by atoms with E-state index in [0.717, 1.165) is 37.2 Å². The predicted molar refractivity (Wildman–Crippen MR) is 73.4 cm³/mol. The minimum Gasteiger partial charge on any atom is -0.382 e. The molecule has 2 rings (SSSR count). The van der Waals surface area contributed by atoms with E-state index in [9.17, 15) is 5.11 Å². The lowest BCUT2D eigenvalue weighted by atomic mass is 10.0. The third-order valence-electron chi connectivity index (χ3n) is 3.73. The smallest absolute Gasteiger partial charge is 0.117 e. The van der Waals surface area contributed by atoms with Gasteiger partial charge in [-0.05, 0) is 50.7 Å². The molecule has 1 N–H and O–H groups in total.